The molecule has 0 saturated heterocycles. The predicted molar refractivity (Wildman–Crippen MR) is 63.2 cm³/mol. The summed E-state index contributed by atoms with van der Waals surface area (Å²) >= 11 is 0. The van der Waals surface area contributed by atoms with E-state index in [2.05, 4.69) is 13.8 Å². The SMILES string of the molecule is CC1CCCCCC(N)CCCC1C. The topological polar surface area (TPSA) is 26.0 Å². The summed E-state index contributed by atoms with van der Waals surface area (Å²) in [7, 11) is 0. The van der Waals surface area contributed by atoms with Crippen molar-refractivity contribution in [2.45, 2.75) is 71.3 Å². The lowest BCUT2D eigenvalue weighted by Gasteiger charge is -2.19. The van der Waals surface area contributed by atoms with Crippen molar-refractivity contribution in [1.29, 1.82) is 0 Å². The minimum absolute atomic E-state index is 0.482. The Balaban J connectivity index is 2.34. The third-order valence-corrected chi connectivity index (χ3v) is 3.94. The summed E-state index contributed by atoms with van der Waals surface area (Å²) in [6.45, 7) is 4.83. The molecule has 3 atom stereocenters. The van der Waals surface area contributed by atoms with Crippen LogP contribution in [0.5, 0.6) is 0 Å². The van der Waals surface area contributed by atoms with Crippen molar-refractivity contribution in [2.24, 2.45) is 17.6 Å². The molecule has 0 aromatic carbocycles. The molecule has 0 bridgehead atoms. The fourth-order valence-corrected chi connectivity index (χ4v) is 2.47. The molecule has 0 aromatic heterocycles. The highest BCUT2D eigenvalue weighted by Crippen LogP contribution is 2.25. The van der Waals surface area contributed by atoms with Gasteiger partial charge in [0.05, 0.1) is 0 Å². The maximum absolute atomic E-state index is 6.06. The zero-order chi connectivity index (χ0) is 10.4. The van der Waals surface area contributed by atoms with Gasteiger partial charge in [0.2, 0.25) is 0 Å². The van der Waals surface area contributed by atoms with Crippen molar-refractivity contribution in [3.05, 3.63) is 0 Å². The van der Waals surface area contributed by atoms with Gasteiger partial charge in [-0.3, -0.25) is 0 Å². The molecule has 1 rings (SSSR count). The average molecular weight is 197 g/mol. The van der Waals surface area contributed by atoms with Gasteiger partial charge in [-0.05, 0) is 24.7 Å². The Bertz CT molecular complexity index is 144. The molecule has 1 heteroatoms. The molecule has 84 valence electrons. The molecule has 0 amide bonds. The molecular weight excluding hydrogens is 170 g/mol. The number of nitrogens with two attached hydrogens (primary N) is 1. The van der Waals surface area contributed by atoms with Crippen LogP contribution in [0.3, 0.4) is 0 Å². The van der Waals surface area contributed by atoms with E-state index in [0.29, 0.717) is 6.04 Å². The highest BCUT2D eigenvalue weighted by molar-refractivity contribution is 4.68. The van der Waals surface area contributed by atoms with E-state index in [1.54, 1.807) is 0 Å². The molecule has 0 radical (unpaired) electrons. The van der Waals surface area contributed by atoms with Crippen LogP contribution in [-0.4, -0.2) is 6.04 Å². The zero-order valence-corrected chi connectivity index (χ0v) is 9.97. The van der Waals surface area contributed by atoms with Crippen LogP contribution in [0.4, 0.5) is 0 Å². The van der Waals surface area contributed by atoms with Gasteiger partial charge in [-0.2, -0.15) is 0 Å². The monoisotopic (exact) mass is 197 g/mol. The van der Waals surface area contributed by atoms with Gasteiger partial charge in [-0.25, -0.2) is 0 Å². The second-order valence-corrected chi connectivity index (χ2v) is 5.28. The van der Waals surface area contributed by atoms with Crippen LogP contribution in [-0.2, 0) is 0 Å². The highest BCUT2D eigenvalue weighted by Gasteiger charge is 2.13. The molecule has 0 aliphatic heterocycles. The first kappa shape index (κ1) is 12.0. The summed E-state index contributed by atoms with van der Waals surface area (Å²) in [5.74, 6) is 1.82. The molecule has 2 N–H and O–H groups in total. The van der Waals surface area contributed by atoms with Gasteiger partial charge in [0.25, 0.3) is 0 Å². The molecule has 1 aliphatic carbocycles. The summed E-state index contributed by atoms with van der Waals surface area (Å²) in [6, 6.07) is 0.482. The third kappa shape index (κ3) is 4.45. The second-order valence-electron chi connectivity index (χ2n) is 5.28. The lowest BCUT2D eigenvalue weighted by atomic mass is 9.87. The van der Waals surface area contributed by atoms with Gasteiger partial charge in [0, 0.05) is 6.04 Å². The zero-order valence-electron chi connectivity index (χ0n) is 9.97. The Morgan fingerprint density at radius 3 is 1.93 bits per heavy atom. The van der Waals surface area contributed by atoms with E-state index in [1.165, 1.54) is 51.4 Å². The Hall–Kier alpha value is -0.0400. The van der Waals surface area contributed by atoms with Crippen LogP contribution < -0.4 is 5.73 Å². The van der Waals surface area contributed by atoms with Gasteiger partial charge in [-0.15, -0.1) is 0 Å². The first-order chi connectivity index (χ1) is 6.70. The third-order valence-electron chi connectivity index (χ3n) is 3.94. The lowest BCUT2D eigenvalue weighted by molar-refractivity contribution is 0.327. The fraction of sp³-hybridized carbons (Fsp3) is 1.00. The molecule has 14 heavy (non-hydrogen) atoms. The Labute approximate surface area is 89.5 Å². The van der Waals surface area contributed by atoms with Crippen LogP contribution in [0.2, 0.25) is 0 Å². The summed E-state index contributed by atoms with van der Waals surface area (Å²) in [6.07, 6.45) is 10.8. The van der Waals surface area contributed by atoms with Crippen LogP contribution in [0.1, 0.15) is 65.2 Å². The molecule has 0 aromatic rings. The molecule has 0 spiro atoms. The predicted octanol–water partition coefficient (Wildman–Crippen LogP) is 3.72. The van der Waals surface area contributed by atoms with E-state index < -0.39 is 0 Å². The van der Waals surface area contributed by atoms with Gasteiger partial charge in [-0.1, -0.05) is 52.4 Å². The van der Waals surface area contributed by atoms with Crippen molar-refractivity contribution in [3.63, 3.8) is 0 Å². The van der Waals surface area contributed by atoms with Crippen LogP contribution in [0.25, 0.3) is 0 Å². The summed E-state index contributed by atoms with van der Waals surface area (Å²) in [4.78, 5) is 0. The molecule has 1 fully saturated rings. The van der Waals surface area contributed by atoms with Crippen LogP contribution in [0, 0.1) is 11.8 Å². The molecule has 1 nitrogen and oxygen atoms in total. The van der Waals surface area contributed by atoms with E-state index in [-0.39, 0.29) is 0 Å². The van der Waals surface area contributed by atoms with Gasteiger partial charge in [0.1, 0.15) is 0 Å². The maximum atomic E-state index is 6.06. The van der Waals surface area contributed by atoms with Gasteiger partial charge in [0.15, 0.2) is 0 Å². The average Bonchev–Trinajstić information content (AvgIpc) is 2.18. The molecule has 0 heterocycles. The van der Waals surface area contributed by atoms with E-state index in [9.17, 15) is 0 Å². The quantitative estimate of drug-likeness (QED) is 0.629. The fourth-order valence-electron chi connectivity index (χ4n) is 2.47. The van der Waals surface area contributed by atoms with Crippen molar-refractivity contribution in [3.8, 4) is 0 Å². The Morgan fingerprint density at radius 2 is 1.21 bits per heavy atom. The Morgan fingerprint density at radius 1 is 0.714 bits per heavy atom. The molecule has 3 unspecified atom stereocenters. The molecular formula is C13H27N. The van der Waals surface area contributed by atoms with Crippen molar-refractivity contribution in [1.82, 2.24) is 0 Å². The Kier molecular flexibility index (Phi) is 5.54. The summed E-state index contributed by atoms with van der Waals surface area (Å²) in [5, 5.41) is 0. The van der Waals surface area contributed by atoms with E-state index in [1.807, 2.05) is 0 Å². The van der Waals surface area contributed by atoms with E-state index in [0.717, 1.165) is 11.8 Å². The second kappa shape index (κ2) is 6.44. The van der Waals surface area contributed by atoms with Crippen LogP contribution >= 0.6 is 0 Å². The van der Waals surface area contributed by atoms with Crippen molar-refractivity contribution >= 4 is 0 Å². The number of rotatable bonds is 0. The van der Waals surface area contributed by atoms with Crippen LogP contribution in [0.15, 0.2) is 0 Å². The maximum Gasteiger partial charge on any atom is 0.00388 e. The van der Waals surface area contributed by atoms with Crippen molar-refractivity contribution < 1.29 is 0 Å². The summed E-state index contributed by atoms with van der Waals surface area (Å²) < 4.78 is 0. The molecule has 1 saturated carbocycles. The lowest BCUT2D eigenvalue weighted by Crippen LogP contribution is -2.19. The summed E-state index contributed by atoms with van der Waals surface area (Å²) in [5.41, 5.74) is 6.06. The highest BCUT2D eigenvalue weighted by atomic mass is 14.6. The first-order valence-corrected chi connectivity index (χ1v) is 6.45. The minimum atomic E-state index is 0.482. The molecule has 1 aliphatic rings. The largest absolute Gasteiger partial charge is 0.328 e. The van der Waals surface area contributed by atoms with E-state index in [4.69, 9.17) is 5.73 Å². The number of hydrogen-bond donors (Lipinski definition) is 1. The first-order valence-electron chi connectivity index (χ1n) is 6.45. The normalized spacial score (nSPS) is 37.5. The number of hydrogen-bond acceptors (Lipinski definition) is 1. The van der Waals surface area contributed by atoms with Crippen molar-refractivity contribution in [2.75, 3.05) is 0 Å². The van der Waals surface area contributed by atoms with Gasteiger partial charge < -0.3 is 5.73 Å². The minimum Gasteiger partial charge on any atom is -0.328 e. The van der Waals surface area contributed by atoms with Gasteiger partial charge >= 0.3 is 0 Å². The smallest absolute Gasteiger partial charge is 0.00388 e. The van der Waals surface area contributed by atoms with E-state index >= 15 is 0 Å². The standard InChI is InChI=1S/C13H27N/c1-11-7-4-3-5-9-13(14)10-6-8-12(11)2/h11-13H,3-10,14H2,1-2H3.